The monoisotopic (exact) mass is 339 g/mol. The molecule has 0 aliphatic carbocycles. The van der Waals surface area contributed by atoms with Crippen LogP contribution in [0, 0.1) is 0 Å². The molecular weight excluding hydrogens is 310 g/mol. The summed E-state index contributed by atoms with van der Waals surface area (Å²) in [5, 5.41) is 8.39. The molecule has 0 unspecified atom stereocenters. The fourth-order valence-electron chi connectivity index (χ4n) is 2.07. The van der Waals surface area contributed by atoms with Gasteiger partial charge in [-0.05, 0) is 50.3 Å². The minimum Gasteiger partial charge on any atom is -0.494 e. The van der Waals surface area contributed by atoms with Gasteiger partial charge in [0.1, 0.15) is 12.4 Å². The Morgan fingerprint density at radius 3 is 2.29 bits per heavy atom. The molecule has 0 bridgehead atoms. The van der Waals surface area contributed by atoms with Crippen LogP contribution in [0.15, 0.2) is 24.3 Å². The molecule has 0 aromatic heterocycles. The van der Waals surface area contributed by atoms with Crippen molar-refractivity contribution in [2.45, 2.75) is 38.6 Å². The number of carboxylic acid groups (broad SMARTS) is 1. The molecule has 0 saturated carbocycles. The number of aliphatic carboxylic acids is 1. The smallest absolute Gasteiger partial charge is 0.329 e. The Labute approximate surface area is 143 Å². The second-order valence-electron chi connectivity index (χ2n) is 5.68. The number of rotatable bonds is 14. The lowest BCUT2D eigenvalue weighted by atomic mass is 10.1. The second-order valence-corrected chi connectivity index (χ2v) is 5.68. The van der Waals surface area contributed by atoms with Crippen LogP contribution in [0.25, 0.3) is 0 Å². The molecule has 1 aromatic carbocycles. The van der Waals surface area contributed by atoms with E-state index in [0.29, 0.717) is 32.8 Å². The number of ether oxygens (including phenoxy) is 3. The van der Waals surface area contributed by atoms with Gasteiger partial charge in [0.05, 0.1) is 6.61 Å². The first kappa shape index (κ1) is 20.4. The Morgan fingerprint density at radius 2 is 1.62 bits per heavy atom. The highest BCUT2D eigenvalue weighted by molar-refractivity contribution is 5.67. The van der Waals surface area contributed by atoms with Crippen molar-refractivity contribution in [1.29, 1.82) is 0 Å². The van der Waals surface area contributed by atoms with Gasteiger partial charge in [0.2, 0.25) is 0 Å². The van der Waals surface area contributed by atoms with E-state index in [0.717, 1.165) is 30.6 Å². The van der Waals surface area contributed by atoms with Gasteiger partial charge in [0.15, 0.2) is 0 Å². The lowest BCUT2D eigenvalue weighted by molar-refractivity contribution is -0.142. The van der Waals surface area contributed by atoms with Crippen molar-refractivity contribution in [3.05, 3.63) is 29.8 Å². The van der Waals surface area contributed by atoms with E-state index >= 15 is 0 Å². The maximum Gasteiger partial charge on any atom is 0.329 e. The number of benzene rings is 1. The van der Waals surface area contributed by atoms with Gasteiger partial charge >= 0.3 is 5.97 Å². The first-order valence-electron chi connectivity index (χ1n) is 8.45. The van der Waals surface area contributed by atoms with Gasteiger partial charge in [0, 0.05) is 25.9 Å². The predicted molar refractivity (Wildman–Crippen MR) is 92.3 cm³/mol. The van der Waals surface area contributed by atoms with E-state index in [9.17, 15) is 4.79 Å². The van der Waals surface area contributed by atoms with Gasteiger partial charge in [-0.3, -0.25) is 0 Å². The Hall–Kier alpha value is -1.63. The van der Waals surface area contributed by atoms with Crippen LogP contribution >= 0.6 is 0 Å². The Balaban J connectivity index is 1.89. The molecule has 1 aromatic rings. The predicted octanol–water partition coefficient (Wildman–Crippen LogP) is 2.76. The van der Waals surface area contributed by atoms with E-state index in [1.807, 2.05) is 31.2 Å². The van der Waals surface area contributed by atoms with E-state index < -0.39 is 5.97 Å². The van der Waals surface area contributed by atoms with Crippen LogP contribution < -0.4 is 10.5 Å². The molecule has 0 amide bonds. The first-order chi connectivity index (χ1) is 11.6. The lowest BCUT2D eigenvalue weighted by Crippen LogP contribution is -2.09. The summed E-state index contributed by atoms with van der Waals surface area (Å²) in [5.74, 6) is -0.0694. The summed E-state index contributed by atoms with van der Waals surface area (Å²) >= 11 is 0. The number of hydrogen-bond acceptors (Lipinski definition) is 5. The maximum absolute atomic E-state index is 10.2. The zero-order valence-electron chi connectivity index (χ0n) is 14.4. The molecule has 0 saturated heterocycles. The number of hydrogen-bond donors (Lipinski definition) is 2. The third-order valence-electron chi connectivity index (χ3n) is 3.41. The van der Waals surface area contributed by atoms with Crippen molar-refractivity contribution in [3.8, 4) is 5.75 Å². The van der Waals surface area contributed by atoms with Crippen molar-refractivity contribution in [1.82, 2.24) is 0 Å². The Kier molecular flexibility index (Phi) is 10.8. The number of carbonyl (C=O) groups is 1. The van der Waals surface area contributed by atoms with Gasteiger partial charge < -0.3 is 25.1 Å². The van der Waals surface area contributed by atoms with Crippen LogP contribution in [-0.4, -0.2) is 44.1 Å². The molecule has 0 aliphatic rings. The molecule has 6 nitrogen and oxygen atoms in total. The molecule has 6 heteroatoms. The standard InChI is InChI=1S/C18H29NO5/c1-15(19)16-6-8-17(9-7-16)24-13-4-2-3-10-22-11-5-12-23-14-18(20)21/h6-9,15H,2-5,10-14,19H2,1H3,(H,20,21)/t15-/m0/s1. The lowest BCUT2D eigenvalue weighted by Gasteiger charge is -2.09. The molecule has 0 aliphatic heterocycles. The van der Waals surface area contributed by atoms with Gasteiger partial charge in [0.25, 0.3) is 0 Å². The minimum atomic E-state index is -0.942. The van der Waals surface area contributed by atoms with E-state index in [1.165, 1.54) is 0 Å². The average Bonchev–Trinajstić information content (AvgIpc) is 2.56. The van der Waals surface area contributed by atoms with Crippen LogP contribution in [0.5, 0.6) is 5.75 Å². The van der Waals surface area contributed by atoms with Gasteiger partial charge in [-0.15, -0.1) is 0 Å². The maximum atomic E-state index is 10.2. The van der Waals surface area contributed by atoms with Crippen molar-refractivity contribution in [2.75, 3.05) is 33.0 Å². The van der Waals surface area contributed by atoms with Crippen molar-refractivity contribution in [2.24, 2.45) is 5.73 Å². The second kappa shape index (κ2) is 12.8. The zero-order chi connectivity index (χ0) is 17.6. The molecule has 0 heterocycles. The van der Waals surface area contributed by atoms with Crippen molar-refractivity contribution < 1.29 is 24.1 Å². The van der Waals surface area contributed by atoms with E-state index in [2.05, 4.69) is 0 Å². The molecule has 0 radical (unpaired) electrons. The van der Waals surface area contributed by atoms with Crippen LogP contribution in [0.2, 0.25) is 0 Å². The summed E-state index contributed by atoms with van der Waals surface area (Å²) in [7, 11) is 0. The van der Waals surface area contributed by atoms with Crippen molar-refractivity contribution in [3.63, 3.8) is 0 Å². The van der Waals surface area contributed by atoms with Crippen LogP contribution in [0.3, 0.4) is 0 Å². The molecular formula is C18H29NO5. The zero-order valence-corrected chi connectivity index (χ0v) is 14.4. The van der Waals surface area contributed by atoms with Crippen LogP contribution in [0.1, 0.15) is 44.2 Å². The molecule has 0 spiro atoms. The molecule has 1 atom stereocenters. The van der Waals surface area contributed by atoms with Crippen LogP contribution in [0.4, 0.5) is 0 Å². The molecule has 3 N–H and O–H groups in total. The van der Waals surface area contributed by atoms with E-state index in [-0.39, 0.29) is 12.6 Å². The third-order valence-corrected chi connectivity index (χ3v) is 3.41. The van der Waals surface area contributed by atoms with Gasteiger partial charge in [-0.2, -0.15) is 0 Å². The van der Waals surface area contributed by atoms with E-state index in [4.69, 9.17) is 25.1 Å². The topological polar surface area (TPSA) is 91.0 Å². The summed E-state index contributed by atoms with van der Waals surface area (Å²) in [6.07, 6.45) is 3.74. The highest BCUT2D eigenvalue weighted by Crippen LogP contribution is 2.16. The highest BCUT2D eigenvalue weighted by atomic mass is 16.5. The summed E-state index contributed by atoms with van der Waals surface area (Å²) in [4.78, 5) is 10.2. The van der Waals surface area contributed by atoms with E-state index in [1.54, 1.807) is 0 Å². The largest absolute Gasteiger partial charge is 0.494 e. The van der Waals surface area contributed by atoms with Crippen LogP contribution in [-0.2, 0) is 14.3 Å². The fourth-order valence-corrected chi connectivity index (χ4v) is 2.07. The molecule has 136 valence electrons. The molecule has 1 rings (SSSR count). The summed E-state index contributed by atoms with van der Waals surface area (Å²) in [5.41, 5.74) is 6.91. The minimum absolute atomic E-state index is 0.0442. The number of carboxylic acids is 1. The van der Waals surface area contributed by atoms with Gasteiger partial charge in [-0.1, -0.05) is 12.1 Å². The Bertz CT molecular complexity index is 447. The average molecular weight is 339 g/mol. The SMILES string of the molecule is C[C@H](N)c1ccc(OCCCCCOCCCOCC(=O)O)cc1. The summed E-state index contributed by atoms with van der Waals surface area (Å²) < 4.78 is 16.1. The van der Waals surface area contributed by atoms with Crippen molar-refractivity contribution >= 4 is 5.97 Å². The van der Waals surface area contributed by atoms with Gasteiger partial charge in [-0.25, -0.2) is 4.79 Å². The summed E-state index contributed by atoms with van der Waals surface area (Å²) in [6.45, 7) is 4.14. The number of unbranched alkanes of at least 4 members (excludes halogenated alkanes) is 2. The number of nitrogens with two attached hydrogens (primary N) is 1. The fraction of sp³-hybridized carbons (Fsp3) is 0.611. The molecule has 0 fully saturated rings. The Morgan fingerprint density at radius 1 is 1.00 bits per heavy atom. The quantitative estimate of drug-likeness (QED) is 0.507. The third kappa shape index (κ3) is 10.2. The highest BCUT2D eigenvalue weighted by Gasteiger charge is 2.00. The summed E-state index contributed by atoms with van der Waals surface area (Å²) in [6, 6.07) is 7.94. The normalized spacial score (nSPS) is 12.1. The molecule has 24 heavy (non-hydrogen) atoms. The first-order valence-corrected chi connectivity index (χ1v) is 8.45.